The van der Waals surface area contributed by atoms with E-state index >= 15 is 0 Å². The number of urea groups is 1. The molecule has 2 rings (SSSR count). The van der Waals surface area contributed by atoms with Crippen molar-refractivity contribution in [3.8, 4) is 0 Å². The van der Waals surface area contributed by atoms with Crippen LogP contribution >= 0.6 is 0 Å². The van der Waals surface area contributed by atoms with Gasteiger partial charge in [0.05, 0.1) is 0 Å². The Bertz CT molecular complexity index is 512. The number of benzene rings is 1. The van der Waals surface area contributed by atoms with Gasteiger partial charge in [0.1, 0.15) is 0 Å². The number of hydrogen-bond acceptors (Lipinski definition) is 2. The highest BCUT2D eigenvalue weighted by Crippen LogP contribution is 2.24. The van der Waals surface area contributed by atoms with E-state index in [2.05, 4.69) is 10.6 Å². The number of rotatable bonds is 5. The Morgan fingerprint density at radius 2 is 2.10 bits per heavy atom. The fourth-order valence-electron chi connectivity index (χ4n) is 2.52. The lowest BCUT2D eigenvalue weighted by atomic mass is 10.2. The molecule has 0 radical (unpaired) electrons. The highest BCUT2D eigenvalue weighted by molar-refractivity contribution is 5.96. The molecule has 0 bridgehead atoms. The lowest BCUT2D eigenvalue weighted by molar-refractivity contribution is -0.117. The Balaban J connectivity index is 2.01. The molecule has 0 atom stereocenters. The molecular weight excluding hydrogens is 266 g/mol. The van der Waals surface area contributed by atoms with Crippen LogP contribution in [0.1, 0.15) is 39.5 Å². The van der Waals surface area contributed by atoms with Gasteiger partial charge in [0.25, 0.3) is 0 Å². The molecule has 1 fully saturated rings. The van der Waals surface area contributed by atoms with Gasteiger partial charge in [-0.25, -0.2) is 4.79 Å². The van der Waals surface area contributed by atoms with Gasteiger partial charge in [0, 0.05) is 30.4 Å². The first-order valence-corrected chi connectivity index (χ1v) is 7.62. The van der Waals surface area contributed by atoms with Crippen LogP contribution in [-0.2, 0) is 4.79 Å². The maximum atomic E-state index is 11.9. The van der Waals surface area contributed by atoms with Crippen molar-refractivity contribution in [3.63, 3.8) is 0 Å². The highest BCUT2D eigenvalue weighted by atomic mass is 16.2. The van der Waals surface area contributed by atoms with Gasteiger partial charge in [-0.2, -0.15) is 0 Å². The molecule has 0 unspecified atom stereocenters. The van der Waals surface area contributed by atoms with E-state index in [1.165, 1.54) is 0 Å². The fraction of sp³-hybridized carbons (Fsp3) is 0.500. The van der Waals surface area contributed by atoms with Crippen LogP contribution in [0.5, 0.6) is 0 Å². The molecule has 1 saturated heterocycles. The second kappa shape index (κ2) is 7.11. The Hall–Kier alpha value is -2.04. The topological polar surface area (TPSA) is 61.4 Å². The van der Waals surface area contributed by atoms with Crippen molar-refractivity contribution in [2.45, 2.75) is 45.6 Å². The molecule has 1 aromatic rings. The summed E-state index contributed by atoms with van der Waals surface area (Å²) >= 11 is 0. The van der Waals surface area contributed by atoms with Crippen LogP contribution in [-0.4, -0.2) is 24.5 Å². The standard InChI is InChI=1S/C16H23N3O2/c1-3-12(4-2)17-16(21)18-13-7-5-8-14(11-13)19-10-6-9-15(19)20/h5,7-8,11-12H,3-4,6,9-10H2,1-2H3,(H2,17,18,21). The number of amides is 3. The zero-order chi connectivity index (χ0) is 15.2. The maximum absolute atomic E-state index is 11.9. The van der Waals surface area contributed by atoms with E-state index in [1.54, 1.807) is 4.90 Å². The van der Waals surface area contributed by atoms with E-state index < -0.39 is 0 Å². The average Bonchev–Trinajstić information content (AvgIpc) is 2.91. The summed E-state index contributed by atoms with van der Waals surface area (Å²) in [6.07, 6.45) is 3.32. The zero-order valence-corrected chi connectivity index (χ0v) is 12.7. The van der Waals surface area contributed by atoms with Crippen LogP contribution < -0.4 is 15.5 Å². The number of nitrogens with zero attached hydrogens (tertiary/aromatic N) is 1. The largest absolute Gasteiger partial charge is 0.335 e. The zero-order valence-electron chi connectivity index (χ0n) is 12.7. The molecule has 1 aromatic carbocycles. The van der Waals surface area contributed by atoms with Crippen LogP contribution in [0.15, 0.2) is 24.3 Å². The third-order valence-corrected chi connectivity index (χ3v) is 3.81. The molecule has 1 aliphatic heterocycles. The van der Waals surface area contributed by atoms with Crippen molar-refractivity contribution < 1.29 is 9.59 Å². The minimum absolute atomic E-state index is 0.147. The third kappa shape index (κ3) is 3.97. The van der Waals surface area contributed by atoms with Gasteiger partial charge >= 0.3 is 6.03 Å². The summed E-state index contributed by atoms with van der Waals surface area (Å²) in [5, 5.41) is 5.76. The summed E-state index contributed by atoms with van der Waals surface area (Å²) in [4.78, 5) is 25.5. The minimum Gasteiger partial charge on any atom is -0.335 e. The number of anilines is 2. The molecule has 3 amide bonds. The molecule has 2 N–H and O–H groups in total. The maximum Gasteiger partial charge on any atom is 0.319 e. The first-order chi connectivity index (χ1) is 10.1. The van der Waals surface area contributed by atoms with E-state index in [1.807, 2.05) is 38.1 Å². The Labute approximate surface area is 125 Å². The predicted molar refractivity (Wildman–Crippen MR) is 84.6 cm³/mol. The molecule has 1 heterocycles. The molecule has 5 nitrogen and oxygen atoms in total. The minimum atomic E-state index is -0.200. The molecular formula is C16H23N3O2. The van der Waals surface area contributed by atoms with Crippen LogP contribution in [0.3, 0.4) is 0 Å². The molecule has 0 saturated carbocycles. The van der Waals surface area contributed by atoms with Crippen molar-refractivity contribution in [1.29, 1.82) is 0 Å². The smallest absolute Gasteiger partial charge is 0.319 e. The molecule has 5 heteroatoms. The summed E-state index contributed by atoms with van der Waals surface area (Å²) in [6, 6.07) is 7.41. The quantitative estimate of drug-likeness (QED) is 0.875. The van der Waals surface area contributed by atoms with Gasteiger partial charge < -0.3 is 15.5 Å². The number of carbonyl (C=O) groups is 2. The lowest BCUT2D eigenvalue weighted by Gasteiger charge is -2.18. The fourth-order valence-corrected chi connectivity index (χ4v) is 2.52. The highest BCUT2D eigenvalue weighted by Gasteiger charge is 2.21. The van der Waals surface area contributed by atoms with E-state index in [9.17, 15) is 9.59 Å². The van der Waals surface area contributed by atoms with Crippen molar-refractivity contribution in [3.05, 3.63) is 24.3 Å². The predicted octanol–water partition coefficient (Wildman–Crippen LogP) is 3.12. The van der Waals surface area contributed by atoms with Gasteiger partial charge in [0.2, 0.25) is 5.91 Å². The number of hydrogen-bond donors (Lipinski definition) is 2. The number of carbonyl (C=O) groups excluding carboxylic acids is 2. The van der Waals surface area contributed by atoms with Crippen LogP contribution in [0.25, 0.3) is 0 Å². The first-order valence-electron chi connectivity index (χ1n) is 7.62. The Morgan fingerprint density at radius 3 is 2.71 bits per heavy atom. The molecule has 0 spiro atoms. The van der Waals surface area contributed by atoms with E-state index in [4.69, 9.17) is 0 Å². The van der Waals surface area contributed by atoms with Crippen molar-refractivity contribution in [2.75, 3.05) is 16.8 Å². The van der Waals surface area contributed by atoms with Gasteiger partial charge in [-0.15, -0.1) is 0 Å². The average molecular weight is 289 g/mol. The summed E-state index contributed by atoms with van der Waals surface area (Å²) in [6.45, 7) is 4.85. The molecule has 1 aliphatic rings. The van der Waals surface area contributed by atoms with Gasteiger partial charge in [-0.1, -0.05) is 19.9 Å². The van der Waals surface area contributed by atoms with Crippen LogP contribution in [0, 0.1) is 0 Å². The van der Waals surface area contributed by atoms with Crippen LogP contribution in [0.2, 0.25) is 0 Å². The molecule has 0 aromatic heterocycles. The van der Waals surface area contributed by atoms with Crippen molar-refractivity contribution in [2.24, 2.45) is 0 Å². The normalized spacial score (nSPS) is 14.6. The van der Waals surface area contributed by atoms with Crippen molar-refractivity contribution in [1.82, 2.24) is 5.32 Å². The van der Waals surface area contributed by atoms with E-state index in [0.29, 0.717) is 12.1 Å². The Morgan fingerprint density at radius 1 is 1.33 bits per heavy atom. The third-order valence-electron chi connectivity index (χ3n) is 3.81. The van der Waals surface area contributed by atoms with E-state index in [0.717, 1.165) is 31.5 Å². The SMILES string of the molecule is CCC(CC)NC(=O)Nc1cccc(N2CCCC2=O)c1. The summed E-state index contributed by atoms with van der Waals surface area (Å²) in [5.74, 6) is 0.147. The number of nitrogens with one attached hydrogen (secondary N) is 2. The van der Waals surface area contributed by atoms with Gasteiger partial charge in [-0.05, 0) is 37.5 Å². The van der Waals surface area contributed by atoms with Crippen molar-refractivity contribution >= 4 is 23.3 Å². The molecule has 21 heavy (non-hydrogen) atoms. The first kappa shape index (κ1) is 15.4. The van der Waals surface area contributed by atoms with Crippen LogP contribution in [0.4, 0.5) is 16.2 Å². The molecule has 114 valence electrons. The summed E-state index contributed by atoms with van der Waals surface area (Å²) in [7, 11) is 0. The van der Waals surface area contributed by atoms with Gasteiger partial charge in [0.15, 0.2) is 0 Å². The summed E-state index contributed by atoms with van der Waals surface area (Å²) < 4.78 is 0. The second-order valence-electron chi connectivity index (χ2n) is 5.31. The van der Waals surface area contributed by atoms with E-state index in [-0.39, 0.29) is 18.0 Å². The molecule has 0 aliphatic carbocycles. The monoisotopic (exact) mass is 289 g/mol. The summed E-state index contributed by atoms with van der Waals surface area (Å²) in [5.41, 5.74) is 1.55. The van der Waals surface area contributed by atoms with Gasteiger partial charge in [-0.3, -0.25) is 4.79 Å². The lowest BCUT2D eigenvalue weighted by Crippen LogP contribution is -2.37. The Kier molecular flexibility index (Phi) is 5.20. The second-order valence-corrected chi connectivity index (χ2v) is 5.31.